The van der Waals surface area contributed by atoms with Crippen LogP contribution >= 0.6 is 15.9 Å². The van der Waals surface area contributed by atoms with E-state index in [1.807, 2.05) is 53.3 Å². The van der Waals surface area contributed by atoms with Gasteiger partial charge in [-0.3, -0.25) is 4.52 Å². The Morgan fingerprint density at radius 1 is 1.07 bits per heavy atom. The molecule has 0 fully saturated rings. The summed E-state index contributed by atoms with van der Waals surface area (Å²) in [5, 5.41) is 4.99. The first-order valence-corrected chi connectivity index (χ1v) is 15.3. The number of amides is 1. The second kappa shape index (κ2) is 12.2. The van der Waals surface area contributed by atoms with Gasteiger partial charge in [0.05, 0.1) is 10.2 Å². The lowest BCUT2D eigenvalue weighted by Gasteiger charge is -2.20. The molecule has 0 radical (unpaired) electrons. The fourth-order valence-electron chi connectivity index (χ4n) is 4.90. The van der Waals surface area contributed by atoms with Gasteiger partial charge in [-0.25, -0.2) is 33.8 Å². The molecular formula is C27H23BrFN7O7S. The zero-order valence-corrected chi connectivity index (χ0v) is 24.9. The Morgan fingerprint density at radius 2 is 1.77 bits per heavy atom. The number of nitrogens with one attached hydrogen (secondary N) is 4. The SMILES string of the molecule is O=C(NS(=O)(=O)NCCNN1NOC=C1c1noc(=O)n1-c1ccc(F)c(Br)c1)OCC1c2ccccc2-c2ccccc21. The largest absolute Gasteiger partial charge is 0.448 e. The van der Waals surface area contributed by atoms with Gasteiger partial charge in [0.25, 0.3) is 0 Å². The molecule has 4 N–H and O–H groups in total. The maximum Gasteiger partial charge on any atom is 0.446 e. The number of rotatable bonds is 10. The molecule has 1 aromatic heterocycles. The fourth-order valence-corrected chi connectivity index (χ4v) is 5.99. The van der Waals surface area contributed by atoms with Crippen LogP contribution in [0.2, 0.25) is 0 Å². The number of halogens is 2. The van der Waals surface area contributed by atoms with E-state index in [-0.39, 0.29) is 47.3 Å². The molecule has 44 heavy (non-hydrogen) atoms. The van der Waals surface area contributed by atoms with Crippen molar-refractivity contribution in [2.45, 2.75) is 5.92 Å². The zero-order valence-electron chi connectivity index (χ0n) is 22.5. The van der Waals surface area contributed by atoms with Gasteiger partial charge in [0.2, 0.25) is 5.82 Å². The van der Waals surface area contributed by atoms with Crippen LogP contribution in [0.5, 0.6) is 0 Å². The van der Waals surface area contributed by atoms with Crippen molar-refractivity contribution in [3.8, 4) is 16.8 Å². The first kappa shape index (κ1) is 29.5. The van der Waals surface area contributed by atoms with Crippen molar-refractivity contribution < 1.29 is 31.7 Å². The predicted octanol–water partition coefficient (Wildman–Crippen LogP) is 2.66. The van der Waals surface area contributed by atoms with Gasteiger partial charge in [-0.2, -0.15) is 13.1 Å². The number of hydrogen-bond donors (Lipinski definition) is 4. The highest BCUT2D eigenvalue weighted by Crippen LogP contribution is 2.44. The molecule has 0 spiro atoms. The summed E-state index contributed by atoms with van der Waals surface area (Å²) in [6.45, 7) is -0.230. The summed E-state index contributed by atoms with van der Waals surface area (Å²) in [5.74, 6) is -1.58. The highest BCUT2D eigenvalue weighted by molar-refractivity contribution is 9.10. The molecular weight excluding hydrogens is 665 g/mol. The summed E-state index contributed by atoms with van der Waals surface area (Å²) < 4.78 is 54.0. The Hall–Kier alpha value is -4.55. The summed E-state index contributed by atoms with van der Waals surface area (Å²) in [5.41, 5.74) is 9.87. The number of carbonyl (C=O) groups is 1. The van der Waals surface area contributed by atoms with Gasteiger partial charge in [-0.05, 0) is 56.4 Å². The van der Waals surface area contributed by atoms with E-state index in [2.05, 4.69) is 36.8 Å². The van der Waals surface area contributed by atoms with Gasteiger partial charge < -0.3 is 9.57 Å². The van der Waals surface area contributed by atoms with Crippen LogP contribution in [0.4, 0.5) is 9.18 Å². The van der Waals surface area contributed by atoms with Crippen molar-refractivity contribution in [2.75, 3.05) is 19.7 Å². The quantitative estimate of drug-likeness (QED) is 0.181. The normalized spacial score (nSPS) is 14.1. The van der Waals surface area contributed by atoms with Crippen molar-refractivity contribution in [1.82, 2.24) is 35.3 Å². The van der Waals surface area contributed by atoms with E-state index in [4.69, 9.17) is 14.1 Å². The summed E-state index contributed by atoms with van der Waals surface area (Å²) >= 11 is 3.08. The topological polar surface area (TPSA) is 169 Å². The van der Waals surface area contributed by atoms with Gasteiger partial charge in [-0.15, -0.1) is 0 Å². The molecule has 228 valence electrons. The molecule has 1 amide bonds. The molecule has 6 rings (SSSR count). The van der Waals surface area contributed by atoms with E-state index in [1.54, 1.807) is 0 Å². The average Bonchev–Trinajstić information content (AvgIpc) is 3.71. The molecule has 2 heterocycles. The van der Waals surface area contributed by atoms with Crippen LogP contribution in [0.25, 0.3) is 22.5 Å². The second-order valence-electron chi connectivity index (χ2n) is 9.49. The van der Waals surface area contributed by atoms with E-state index >= 15 is 0 Å². The third kappa shape index (κ3) is 5.95. The molecule has 0 saturated carbocycles. The number of carbonyl (C=O) groups excluding carboxylic acids is 1. The highest BCUT2D eigenvalue weighted by atomic mass is 79.9. The third-order valence-electron chi connectivity index (χ3n) is 6.80. The van der Waals surface area contributed by atoms with Gasteiger partial charge >= 0.3 is 22.1 Å². The van der Waals surface area contributed by atoms with Crippen LogP contribution in [-0.2, 0) is 19.8 Å². The van der Waals surface area contributed by atoms with E-state index in [0.29, 0.717) is 0 Å². The summed E-state index contributed by atoms with van der Waals surface area (Å²) in [7, 11) is -4.26. The third-order valence-corrected chi connectivity index (χ3v) is 8.43. The van der Waals surface area contributed by atoms with Crippen LogP contribution in [-0.4, -0.2) is 49.0 Å². The molecule has 0 unspecified atom stereocenters. The molecule has 3 aromatic carbocycles. The smallest absolute Gasteiger partial charge is 0.446 e. The van der Waals surface area contributed by atoms with Crippen LogP contribution in [0.3, 0.4) is 0 Å². The Balaban J connectivity index is 1.01. The van der Waals surface area contributed by atoms with Crippen molar-refractivity contribution in [2.24, 2.45) is 0 Å². The standard InChI is InChI=1S/C27H23BrFN7O7S/c28-22-13-16(9-10-23(22)29)35-25(32-43-27(35)38)24-15-42-34-36(24)30-11-12-31-44(39,40)33-26(37)41-14-21-19-7-3-1-5-17(19)18-6-2-4-8-20(18)21/h1-10,13,15,21,30-31,34H,11-12,14H2,(H,33,37). The first-order valence-electron chi connectivity index (χ1n) is 13.0. The van der Waals surface area contributed by atoms with E-state index < -0.39 is 27.9 Å². The molecule has 2 aliphatic rings. The van der Waals surface area contributed by atoms with Crippen molar-refractivity contribution in [3.05, 3.63) is 111 Å². The number of hydrazine groups is 2. The number of benzene rings is 3. The first-order chi connectivity index (χ1) is 21.2. The molecule has 14 nitrogen and oxygen atoms in total. The van der Waals surface area contributed by atoms with Gasteiger partial charge in [0.1, 0.15) is 18.7 Å². The monoisotopic (exact) mass is 687 g/mol. The van der Waals surface area contributed by atoms with E-state index in [9.17, 15) is 22.4 Å². The van der Waals surface area contributed by atoms with Gasteiger partial charge in [0.15, 0.2) is 5.70 Å². The summed E-state index contributed by atoms with van der Waals surface area (Å²) in [4.78, 5) is 29.9. The summed E-state index contributed by atoms with van der Waals surface area (Å²) in [6, 6.07) is 19.5. The van der Waals surface area contributed by atoms with Crippen LogP contribution in [0, 0.1) is 5.82 Å². The number of ether oxygens (including phenoxy) is 1. The van der Waals surface area contributed by atoms with E-state index in [1.165, 1.54) is 29.6 Å². The van der Waals surface area contributed by atoms with Crippen LogP contribution in [0.1, 0.15) is 22.9 Å². The Kier molecular flexibility index (Phi) is 8.19. The lowest BCUT2D eigenvalue weighted by atomic mass is 9.98. The number of hydrogen-bond acceptors (Lipinski definition) is 11. The predicted molar refractivity (Wildman–Crippen MR) is 157 cm³/mol. The average molecular weight is 688 g/mol. The fraction of sp³-hybridized carbons (Fsp3) is 0.148. The Bertz CT molecular complexity index is 1890. The van der Waals surface area contributed by atoms with Crippen molar-refractivity contribution in [1.29, 1.82) is 0 Å². The number of fused-ring (bicyclic) bond motifs is 3. The number of nitrogens with zero attached hydrogens (tertiary/aromatic N) is 3. The molecule has 0 atom stereocenters. The maximum absolute atomic E-state index is 13.7. The summed E-state index contributed by atoms with van der Waals surface area (Å²) in [6.07, 6.45) is 0.103. The molecule has 1 aliphatic heterocycles. The lowest BCUT2D eigenvalue weighted by molar-refractivity contribution is 0.00961. The lowest BCUT2D eigenvalue weighted by Crippen LogP contribution is -2.48. The van der Waals surface area contributed by atoms with E-state index in [0.717, 1.165) is 26.8 Å². The highest BCUT2D eigenvalue weighted by Gasteiger charge is 2.30. The number of aromatic nitrogens is 2. The van der Waals surface area contributed by atoms with Gasteiger partial charge in [0, 0.05) is 19.0 Å². The molecule has 0 bridgehead atoms. The van der Waals surface area contributed by atoms with Crippen molar-refractivity contribution in [3.63, 3.8) is 0 Å². The van der Waals surface area contributed by atoms with Gasteiger partial charge in [-0.1, -0.05) is 59.3 Å². The molecule has 1 aliphatic carbocycles. The van der Waals surface area contributed by atoms with Crippen LogP contribution in [0.15, 0.2) is 86.8 Å². The molecule has 4 aromatic rings. The minimum atomic E-state index is -4.26. The molecule has 0 saturated heterocycles. The zero-order chi connectivity index (χ0) is 30.8. The second-order valence-corrected chi connectivity index (χ2v) is 11.8. The Morgan fingerprint density at radius 3 is 2.48 bits per heavy atom. The maximum atomic E-state index is 13.7. The Labute approximate surface area is 257 Å². The minimum Gasteiger partial charge on any atom is -0.448 e. The van der Waals surface area contributed by atoms with Crippen molar-refractivity contribution >= 4 is 37.9 Å². The molecule has 17 heteroatoms. The van der Waals surface area contributed by atoms with Crippen LogP contribution < -0.4 is 26.2 Å². The minimum absolute atomic E-state index is 0.00325.